The molecule has 37 heavy (non-hydrogen) atoms. The van der Waals surface area contributed by atoms with Gasteiger partial charge in [-0.1, -0.05) is 27.7 Å². The molecule has 2 fully saturated rings. The minimum absolute atomic E-state index is 0. The van der Waals surface area contributed by atoms with Crippen molar-refractivity contribution in [1.82, 2.24) is 0 Å². The average molecular weight is 671 g/mol. The van der Waals surface area contributed by atoms with Crippen LogP contribution < -0.4 is 0 Å². The van der Waals surface area contributed by atoms with Crippen molar-refractivity contribution in [2.75, 3.05) is 12.3 Å². The van der Waals surface area contributed by atoms with E-state index in [1.807, 2.05) is 0 Å². The molecule has 0 saturated carbocycles. The van der Waals surface area contributed by atoms with Gasteiger partial charge in [-0.25, -0.2) is 8.42 Å². The predicted octanol–water partition coefficient (Wildman–Crippen LogP) is 8.27. The predicted molar refractivity (Wildman–Crippen MR) is 148 cm³/mol. The summed E-state index contributed by atoms with van der Waals surface area (Å²) in [5.74, 6) is 12.1. The van der Waals surface area contributed by atoms with Crippen LogP contribution in [0.25, 0.3) is 0 Å². The minimum atomic E-state index is -6.09. The second-order valence-electron chi connectivity index (χ2n) is 9.49. The number of halogens is 3. The summed E-state index contributed by atoms with van der Waals surface area (Å²) in [5, 5.41) is 0. The van der Waals surface area contributed by atoms with E-state index in [9.17, 15) is 13.2 Å². The van der Waals surface area contributed by atoms with Crippen LogP contribution in [0.15, 0.2) is 0 Å². The molecular weight excluding hydrogens is 626 g/mol. The van der Waals surface area contributed by atoms with E-state index in [1.54, 1.807) is 38.0 Å². The molecule has 10 heteroatoms. The van der Waals surface area contributed by atoms with Crippen LogP contribution in [-0.2, 0) is 29.6 Å². The van der Waals surface area contributed by atoms with Crippen LogP contribution in [0.2, 0.25) is 0 Å². The fourth-order valence-electron chi connectivity index (χ4n) is 5.35. The smallest absolute Gasteiger partial charge is 0.485 e. The van der Waals surface area contributed by atoms with E-state index in [-0.39, 0.29) is 19.5 Å². The molecular formula is C27H44F3O3P2RhS-. The van der Waals surface area contributed by atoms with Crippen LogP contribution in [0.3, 0.4) is 0 Å². The van der Waals surface area contributed by atoms with Gasteiger partial charge in [0.25, 0.3) is 0 Å². The second-order valence-corrected chi connectivity index (χ2v) is 16.7. The van der Waals surface area contributed by atoms with Crippen molar-refractivity contribution in [3.63, 3.8) is 0 Å². The van der Waals surface area contributed by atoms with E-state index < -0.39 is 15.6 Å². The van der Waals surface area contributed by atoms with E-state index in [4.69, 9.17) is 13.0 Å². The van der Waals surface area contributed by atoms with Crippen LogP contribution in [0.5, 0.6) is 0 Å². The van der Waals surface area contributed by atoms with Gasteiger partial charge < -0.3 is 4.55 Å². The Morgan fingerprint density at radius 2 is 0.892 bits per heavy atom. The van der Waals surface area contributed by atoms with Gasteiger partial charge in [-0.15, -0.1) is 39.5 Å². The first-order chi connectivity index (χ1) is 17.0. The standard InChI is InChI=1S/C18H36P2.C8H8.CHF3O3S.Rh/c1-5-15-9-10-16(6-2)19(15)13-14-20-17(7-3)11-12-18(20)8-4;1-2-4-6-8-7-5-3-1;2-1(3,4)8(5,6)7;/h15-18H,5-14H2,1-4H3;1-2,7-8H2;(H,5,6,7);/p-1/t15-,16-,17-,18-;;;/m0.../s1. The first kappa shape index (κ1) is 37.3. The van der Waals surface area contributed by atoms with Gasteiger partial charge in [0.05, 0.1) is 0 Å². The van der Waals surface area contributed by atoms with Crippen LogP contribution in [0.4, 0.5) is 13.2 Å². The Labute approximate surface area is 239 Å². The molecule has 217 valence electrons. The molecule has 0 aromatic heterocycles. The Morgan fingerprint density at radius 1 is 0.676 bits per heavy atom. The van der Waals surface area contributed by atoms with Crippen LogP contribution in [0.1, 0.15) is 105 Å². The summed E-state index contributed by atoms with van der Waals surface area (Å²) < 4.78 is 58.9. The van der Waals surface area contributed by atoms with Crippen molar-refractivity contribution < 1.29 is 45.6 Å². The Morgan fingerprint density at radius 3 is 1.05 bits per heavy atom. The monoisotopic (exact) mass is 670 g/mol. The SMILES string of the molecule is C1#CCCC#CCC1.CC[C@H]1CC[C@H](CC)P1CCP1[C@@H](CC)CC[C@@H]1CC.O=S(=O)([O-])C(F)(F)F.[Rh]. The molecule has 2 aliphatic heterocycles. The largest absolute Gasteiger partial charge is 0.741 e. The summed E-state index contributed by atoms with van der Waals surface area (Å²) in [7, 11) is -5.33. The maximum absolute atomic E-state index is 10.7. The third-order valence-corrected chi connectivity index (χ3v) is 16.0. The summed E-state index contributed by atoms with van der Waals surface area (Å²) in [4.78, 5) is 0. The van der Waals surface area contributed by atoms with Gasteiger partial charge in [-0.2, -0.15) is 13.2 Å². The first-order valence-electron chi connectivity index (χ1n) is 13.4. The number of hydrogen-bond acceptors (Lipinski definition) is 3. The van der Waals surface area contributed by atoms with Crippen molar-refractivity contribution >= 4 is 26.0 Å². The van der Waals surface area contributed by atoms with Crippen LogP contribution in [-0.4, -0.2) is 53.4 Å². The van der Waals surface area contributed by atoms with Gasteiger partial charge in [0.15, 0.2) is 10.1 Å². The van der Waals surface area contributed by atoms with E-state index in [0.29, 0.717) is 15.8 Å². The molecule has 3 nitrogen and oxygen atoms in total. The number of hydrogen-bond donors (Lipinski definition) is 0. The van der Waals surface area contributed by atoms with Gasteiger partial charge in [-0.3, -0.25) is 0 Å². The fourth-order valence-corrected chi connectivity index (χ4v) is 13.6. The van der Waals surface area contributed by atoms with Crippen LogP contribution in [0, 0.1) is 23.7 Å². The van der Waals surface area contributed by atoms with E-state index >= 15 is 0 Å². The molecule has 2 heterocycles. The normalized spacial score (nSPS) is 25.9. The summed E-state index contributed by atoms with van der Waals surface area (Å²) in [6.07, 6.45) is 19.3. The molecule has 1 radical (unpaired) electrons. The van der Waals surface area contributed by atoms with Crippen molar-refractivity contribution in [1.29, 1.82) is 0 Å². The summed E-state index contributed by atoms with van der Waals surface area (Å²) in [6, 6.07) is 0. The molecule has 0 amide bonds. The topological polar surface area (TPSA) is 57.2 Å². The van der Waals surface area contributed by atoms with Crippen molar-refractivity contribution in [2.45, 2.75) is 133 Å². The fraction of sp³-hybridized carbons (Fsp3) is 0.852. The molecule has 0 aromatic rings. The third-order valence-electron chi connectivity index (χ3n) is 7.33. The first-order valence-corrected chi connectivity index (χ1v) is 18.2. The van der Waals surface area contributed by atoms with Gasteiger partial charge in [-0.05, 0) is 86.3 Å². The van der Waals surface area contributed by atoms with Gasteiger partial charge in [0, 0.05) is 45.2 Å². The van der Waals surface area contributed by atoms with Crippen molar-refractivity contribution in [3.05, 3.63) is 0 Å². The molecule has 3 aliphatic rings. The zero-order valence-electron chi connectivity index (χ0n) is 22.7. The van der Waals surface area contributed by atoms with E-state index in [2.05, 4.69) is 51.4 Å². The van der Waals surface area contributed by atoms with Gasteiger partial charge in [0.2, 0.25) is 0 Å². The quantitative estimate of drug-likeness (QED) is 0.0902. The summed E-state index contributed by atoms with van der Waals surface area (Å²) in [5.41, 5.74) is -1.12. The Bertz CT molecular complexity index is 772. The summed E-state index contributed by atoms with van der Waals surface area (Å²) >= 11 is 0. The molecule has 1 aliphatic carbocycles. The van der Waals surface area contributed by atoms with E-state index in [1.165, 1.54) is 25.7 Å². The molecule has 0 spiro atoms. The van der Waals surface area contributed by atoms with Crippen molar-refractivity contribution in [3.8, 4) is 23.7 Å². The zero-order valence-corrected chi connectivity index (χ0v) is 26.9. The molecule has 0 bridgehead atoms. The number of alkyl halides is 3. The number of rotatable bonds is 7. The summed E-state index contributed by atoms with van der Waals surface area (Å²) in [6.45, 7) is 9.79. The van der Waals surface area contributed by atoms with Crippen molar-refractivity contribution in [2.24, 2.45) is 0 Å². The Hall–Kier alpha value is 0.303. The molecule has 0 aromatic carbocycles. The molecule has 2 saturated heterocycles. The second kappa shape index (κ2) is 19.4. The molecule has 0 unspecified atom stereocenters. The molecule has 4 atom stereocenters. The minimum Gasteiger partial charge on any atom is -0.741 e. The maximum Gasteiger partial charge on any atom is 0.485 e. The Balaban J connectivity index is 0.000000631. The molecule has 3 rings (SSSR count). The van der Waals surface area contributed by atoms with Gasteiger partial charge >= 0.3 is 5.51 Å². The third kappa shape index (κ3) is 13.5. The average Bonchev–Trinajstić information content (AvgIpc) is 3.39. The Kier molecular flexibility index (Phi) is 19.6. The van der Waals surface area contributed by atoms with Gasteiger partial charge in [0.1, 0.15) is 0 Å². The van der Waals surface area contributed by atoms with Crippen LogP contribution >= 0.6 is 15.8 Å². The van der Waals surface area contributed by atoms with E-state index in [0.717, 1.165) is 48.3 Å². The molecule has 0 N–H and O–H groups in total. The maximum atomic E-state index is 10.7. The zero-order chi connectivity index (χ0) is 27.2.